The molecule has 1 atom stereocenters. The Bertz CT molecular complexity index is 439. The van der Waals surface area contributed by atoms with Crippen molar-refractivity contribution in [2.75, 3.05) is 19.6 Å². The fourth-order valence-electron chi connectivity index (χ4n) is 1.96. The number of nitrogens with one attached hydrogen (secondary N) is 1. The maximum absolute atomic E-state index is 13.0. The van der Waals surface area contributed by atoms with Crippen molar-refractivity contribution in [1.29, 1.82) is 0 Å². The summed E-state index contributed by atoms with van der Waals surface area (Å²) in [4.78, 5) is 14.2. The zero-order chi connectivity index (χ0) is 12.4. The molecule has 1 heterocycles. The first-order chi connectivity index (χ1) is 8.09. The number of hydrogen-bond donors (Lipinski definition) is 1. The van der Waals surface area contributed by atoms with E-state index in [1.807, 2.05) is 34.4 Å². The molecule has 1 aliphatic heterocycles. The van der Waals surface area contributed by atoms with Crippen molar-refractivity contribution in [1.82, 2.24) is 10.2 Å². The Morgan fingerprint density at radius 2 is 2.35 bits per heavy atom. The van der Waals surface area contributed by atoms with Crippen LogP contribution >= 0.6 is 22.6 Å². The van der Waals surface area contributed by atoms with Gasteiger partial charge in [0, 0.05) is 29.2 Å². The highest BCUT2D eigenvalue weighted by Crippen LogP contribution is 2.17. The normalized spacial score (nSPS) is 20.4. The molecule has 1 amide bonds. The number of nitrogens with zero attached hydrogens (tertiary/aromatic N) is 1. The first kappa shape index (κ1) is 12.8. The molecule has 0 aromatic heterocycles. The Balaban J connectivity index is 2.24. The van der Waals surface area contributed by atoms with E-state index < -0.39 is 0 Å². The van der Waals surface area contributed by atoms with Crippen LogP contribution in [-0.2, 0) is 0 Å². The van der Waals surface area contributed by atoms with Crippen LogP contribution in [0.3, 0.4) is 0 Å². The van der Waals surface area contributed by atoms with Crippen molar-refractivity contribution >= 4 is 28.5 Å². The van der Waals surface area contributed by atoms with Crippen molar-refractivity contribution in [3.63, 3.8) is 0 Å². The number of halogens is 2. The van der Waals surface area contributed by atoms with Gasteiger partial charge in [0.2, 0.25) is 0 Å². The third-order valence-corrected chi connectivity index (χ3v) is 3.82. The molecule has 1 saturated heterocycles. The molecule has 0 spiro atoms. The van der Waals surface area contributed by atoms with E-state index in [-0.39, 0.29) is 17.8 Å². The Kier molecular flexibility index (Phi) is 3.98. The molecule has 1 aromatic carbocycles. The second-order valence-electron chi connectivity index (χ2n) is 4.18. The minimum Gasteiger partial charge on any atom is -0.333 e. The molecule has 0 aliphatic carbocycles. The van der Waals surface area contributed by atoms with Crippen molar-refractivity contribution in [2.45, 2.75) is 13.0 Å². The zero-order valence-electron chi connectivity index (χ0n) is 9.54. The van der Waals surface area contributed by atoms with Crippen LogP contribution in [0.15, 0.2) is 18.2 Å². The second-order valence-corrected chi connectivity index (χ2v) is 5.34. The third-order valence-electron chi connectivity index (χ3n) is 2.92. The predicted octanol–water partition coefficient (Wildman–Crippen LogP) is 1.86. The largest absolute Gasteiger partial charge is 0.333 e. The van der Waals surface area contributed by atoms with Gasteiger partial charge in [-0.25, -0.2) is 4.39 Å². The molecule has 2 rings (SSSR count). The second kappa shape index (κ2) is 5.30. The van der Waals surface area contributed by atoms with Gasteiger partial charge in [-0.05, 0) is 47.7 Å². The van der Waals surface area contributed by atoms with Crippen molar-refractivity contribution < 1.29 is 9.18 Å². The van der Waals surface area contributed by atoms with Crippen LogP contribution in [0.5, 0.6) is 0 Å². The van der Waals surface area contributed by atoms with E-state index in [1.54, 1.807) is 6.07 Å². The van der Waals surface area contributed by atoms with Crippen LogP contribution in [0.2, 0.25) is 0 Å². The molecule has 0 radical (unpaired) electrons. The van der Waals surface area contributed by atoms with Gasteiger partial charge in [-0.1, -0.05) is 0 Å². The monoisotopic (exact) mass is 348 g/mol. The van der Waals surface area contributed by atoms with E-state index in [4.69, 9.17) is 0 Å². The summed E-state index contributed by atoms with van der Waals surface area (Å²) in [6, 6.07) is 4.47. The van der Waals surface area contributed by atoms with E-state index in [0.29, 0.717) is 15.7 Å². The van der Waals surface area contributed by atoms with Gasteiger partial charge >= 0.3 is 0 Å². The van der Waals surface area contributed by atoms with Crippen LogP contribution < -0.4 is 5.32 Å². The molecule has 92 valence electrons. The van der Waals surface area contributed by atoms with Crippen LogP contribution in [0.4, 0.5) is 4.39 Å². The molecule has 1 fully saturated rings. The Morgan fingerprint density at radius 3 is 3.00 bits per heavy atom. The van der Waals surface area contributed by atoms with Crippen LogP contribution in [0, 0.1) is 9.39 Å². The molecule has 1 aliphatic rings. The Morgan fingerprint density at radius 1 is 1.59 bits per heavy atom. The molecule has 1 N–H and O–H groups in total. The molecular weight excluding hydrogens is 334 g/mol. The van der Waals surface area contributed by atoms with Crippen molar-refractivity contribution in [2.24, 2.45) is 0 Å². The maximum Gasteiger partial charge on any atom is 0.255 e. The lowest BCUT2D eigenvalue weighted by Crippen LogP contribution is -2.52. The SMILES string of the molecule is C[C@@H]1CNCCN1C(=O)c1ccc(F)cc1I. The summed E-state index contributed by atoms with van der Waals surface area (Å²) in [6.07, 6.45) is 0. The standard InChI is InChI=1S/C12H14FIN2O/c1-8-7-15-4-5-16(8)12(17)10-3-2-9(13)6-11(10)14/h2-3,6,8,15H,4-5,7H2,1H3/t8-/m1/s1. The van der Waals surface area contributed by atoms with E-state index in [9.17, 15) is 9.18 Å². The Hall–Kier alpha value is -0.690. The molecule has 17 heavy (non-hydrogen) atoms. The van der Waals surface area contributed by atoms with E-state index in [1.165, 1.54) is 12.1 Å². The first-order valence-corrected chi connectivity index (χ1v) is 6.64. The molecule has 0 bridgehead atoms. The van der Waals surface area contributed by atoms with E-state index >= 15 is 0 Å². The van der Waals surface area contributed by atoms with E-state index in [0.717, 1.165) is 13.1 Å². The van der Waals surface area contributed by atoms with Gasteiger partial charge in [0.15, 0.2) is 0 Å². The summed E-state index contributed by atoms with van der Waals surface area (Å²) in [7, 11) is 0. The quantitative estimate of drug-likeness (QED) is 0.786. The molecule has 0 saturated carbocycles. The van der Waals surface area contributed by atoms with Gasteiger partial charge in [0.25, 0.3) is 5.91 Å². The van der Waals surface area contributed by atoms with Crippen LogP contribution in [0.25, 0.3) is 0 Å². The van der Waals surface area contributed by atoms with Gasteiger partial charge in [-0.2, -0.15) is 0 Å². The average Bonchev–Trinajstić information content (AvgIpc) is 2.29. The highest BCUT2D eigenvalue weighted by atomic mass is 127. The van der Waals surface area contributed by atoms with Crippen LogP contribution in [0.1, 0.15) is 17.3 Å². The van der Waals surface area contributed by atoms with Crippen molar-refractivity contribution in [3.8, 4) is 0 Å². The maximum atomic E-state index is 13.0. The molecular formula is C12H14FIN2O. The lowest BCUT2D eigenvalue weighted by Gasteiger charge is -2.34. The topological polar surface area (TPSA) is 32.3 Å². The number of amides is 1. The third kappa shape index (κ3) is 2.77. The summed E-state index contributed by atoms with van der Waals surface area (Å²) in [5, 5.41) is 3.24. The fraction of sp³-hybridized carbons (Fsp3) is 0.417. The number of rotatable bonds is 1. The van der Waals surface area contributed by atoms with Gasteiger partial charge in [0.05, 0.1) is 5.56 Å². The summed E-state index contributed by atoms with van der Waals surface area (Å²) in [5.41, 5.74) is 0.584. The van der Waals surface area contributed by atoms with Gasteiger partial charge in [-0.15, -0.1) is 0 Å². The predicted molar refractivity (Wildman–Crippen MR) is 72.5 cm³/mol. The minimum absolute atomic E-state index is 0.0107. The first-order valence-electron chi connectivity index (χ1n) is 5.56. The van der Waals surface area contributed by atoms with Crippen LogP contribution in [-0.4, -0.2) is 36.5 Å². The van der Waals surface area contributed by atoms with Gasteiger partial charge in [0.1, 0.15) is 5.82 Å². The molecule has 1 aromatic rings. The lowest BCUT2D eigenvalue weighted by molar-refractivity contribution is 0.0654. The molecule has 0 unspecified atom stereocenters. The number of carbonyl (C=O) groups excluding carboxylic acids is 1. The minimum atomic E-state index is -0.306. The number of benzene rings is 1. The highest BCUT2D eigenvalue weighted by molar-refractivity contribution is 14.1. The summed E-state index contributed by atoms with van der Waals surface area (Å²) >= 11 is 2.00. The average molecular weight is 348 g/mol. The molecule has 3 nitrogen and oxygen atoms in total. The van der Waals surface area contributed by atoms with E-state index in [2.05, 4.69) is 5.32 Å². The number of hydrogen-bond acceptors (Lipinski definition) is 2. The van der Waals surface area contributed by atoms with Gasteiger partial charge in [-0.3, -0.25) is 4.79 Å². The number of piperazine rings is 1. The Labute approximate surface area is 114 Å². The summed E-state index contributed by atoms with van der Waals surface area (Å²) < 4.78 is 13.7. The number of carbonyl (C=O) groups is 1. The highest BCUT2D eigenvalue weighted by Gasteiger charge is 2.25. The van der Waals surface area contributed by atoms with Gasteiger partial charge < -0.3 is 10.2 Å². The fourth-order valence-corrected chi connectivity index (χ4v) is 2.67. The zero-order valence-corrected chi connectivity index (χ0v) is 11.7. The smallest absolute Gasteiger partial charge is 0.255 e. The molecule has 5 heteroatoms. The summed E-state index contributed by atoms with van der Waals surface area (Å²) in [5.74, 6) is -0.317. The van der Waals surface area contributed by atoms with Crippen molar-refractivity contribution in [3.05, 3.63) is 33.1 Å². The summed E-state index contributed by atoms with van der Waals surface area (Å²) in [6.45, 7) is 4.34. The lowest BCUT2D eigenvalue weighted by atomic mass is 10.1.